The smallest absolute Gasteiger partial charge is 0.119 e. The highest BCUT2D eigenvalue weighted by Crippen LogP contribution is 2.26. The highest BCUT2D eigenvalue weighted by Gasteiger charge is 2.12. The Morgan fingerprint density at radius 1 is 1.10 bits per heavy atom. The molecule has 0 unspecified atom stereocenters. The summed E-state index contributed by atoms with van der Waals surface area (Å²) in [7, 11) is 0. The molecule has 0 saturated carbocycles. The second-order valence-electron chi connectivity index (χ2n) is 5.44. The molecule has 1 aliphatic carbocycles. The van der Waals surface area contributed by atoms with Crippen molar-refractivity contribution in [3.8, 4) is 5.75 Å². The first-order valence-corrected chi connectivity index (χ1v) is 7.46. The van der Waals surface area contributed by atoms with E-state index in [2.05, 4.69) is 23.1 Å². The second kappa shape index (κ2) is 7.87. The number of aryl methyl sites for hydroxylation is 2. The number of morpholine rings is 1. The molecule has 1 aromatic carbocycles. The first kappa shape index (κ1) is 15.6. The van der Waals surface area contributed by atoms with Crippen LogP contribution >= 0.6 is 12.4 Å². The van der Waals surface area contributed by atoms with E-state index in [1.807, 2.05) is 0 Å². The fraction of sp³-hybridized carbons (Fsp3) is 0.625. The van der Waals surface area contributed by atoms with Crippen LogP contribution < -0.4 is 4.74 Å². The third kappa shape index (κ3) is 4.11. The van der Waals surface area contributed by atoms with Gasteiger partial charge in [0, 0.05) is 19.6 Å². The SMILES string of the molecule is Cl.c1cc2c(cc1OCCCN1CCOCC1)CCC2. The van der Waals surface area contributed by atoms with Gasteiger partial charge in [0.25, 0.3) is 0 Å². The van der Waals surface area contributed by atoms with Gasteiger partial charge in [-0.3, -0.25) is 4.90 Å². The summed E-state index contributed by atoms with van der Waals surface area (Å²) in [6.07, 6.45) is 4.86. The normalized spacial score (nSPS) is 18.4. The molecule has 0 bridgehead atoms. The van der Waals surface area contributed by atoms with Crippen LogP contribution in [0.3, 0.4) is 0 Å². The van der Waals surface area contributed by atoms with E-state index in [9.17, 15) is 0 Å². The molecule has 1 saturated heterocycles. The van der Waals surface area contributed by atoms with Crippen LogP contribution in [0.2, 0.25) is 0 Å². The van der Waals surface area contributed by atoms with Gasteiger partial charge in [-0.1, -0.05) is 6.07 Å². The van der Waals surface area contributed by atoms with E-state index in [0.717, 1.165) is 51.6 Å². The van der Waals surface area contributed by atoms with Gasteiger partial charge in [-0.15, -0.1) is 12.4 Å². The number of fused-ring (bicyclic) bond motifs is 1. The minimum atomic E-state index is 0. The molecule has 1 fully saturated rings. The molecule has 0 aromatic heterocycles. The van der Waals surface area contributed by atoms with Crippen LogP contribution in [0, 0.1) is 0 Å². The van der Waals surface area contributed by atoms with E-state index in [4.69, 9.17) is 9.47 Å². The van der Waals surface area contributed by atoms with Crippen LogP contribution in [0.15, 0.2) is 18.2 Å². The Morgan fingerprint density at radius 2 is 1.90 bits per heavy atom. The van der Waals surface area contributed by atoms with Gasteiger partial charge in [0.2, 0.25) is 0 Å². The Bertz CT molecular complexity index is 419. The maximum atomic E-state index is 5.86. The van der Waals surface area contributed by atoms with Crippen molar-refractivity contribution in [3.05, 3.63) is 29.3 Å². The summed E-state index contributed by atoms with van der Waals surface area (Å²) in [5.41, 5.74) is 3.01. The summed E-state index contributed by atoms with van der Waals surface area (Å²) in [5, 5.41) is 0. The van der Waals surface area contributed by atoms with Gasteiger partial charge in [-0.05, 0) is 48.9 Å². The Labute approximate surface area is 127 Å². The number of benzene rings is 1. The quantitative estimate of drug-likeness (QED) is 0.780. The number of rotatable bonds is 5. The van der Waals surface area contributed by atoms with Crippen molar-refractivity contribution in [2.24, 2.45) is 0 Å². The average Bonchev–Trinajstić information content (AvgIpc) is 2.92. The molecule has 2 aliphatic rings. The number of nitrogens with zero attached hydrogens (tertiary/aromatic N) is 1. The van der Waals surface area contributed by atoms with Crippen LogP contribution in [0.25, 0.3) is 0 Å². The van der Waals surface area contributed by atoms with Crippen molar-refractivity contribution in [1.82, 2.24) is 4.90 Å². The molecular formula is C16H24ClNO2. The third-order valence-corrected chi connectivity index (χ3v) is 4.06. The lowest BCUT2D eigenvalue weighted by Gasteiger charge is -2.26. The van der Waals surface area contributed by atoms with E-state index in [-0.39, 0.29) is 12.4 Å². The van der Waals surface area contributed by atoms with Crippen molar-refractivity contribution < 1.29 is 9.47 Å². The summed E-state index contributed by atoms with van der Waals surface area (Å²) in [4.78, 5) is 2.45. The molecule has 1 aromatic rings. The largest absolute Gasteiger partial charge is 0.494 e. The molecule has 0 radical (unpaired) electrons. The predicted molar refractivity (Wildman–Crippen MR) is 83.1 cm³/mol. The Hall–Kier alpha value is -0.770. The standard InChI is InChI=1S/C16H23NO2.ClH/c1-3-14-5-6-16(13-15(14)4-1)19-10-2-7-17-8-11-18-12-9-17;/h5-6,13H,1-4,7-12H2;1H. The molecule has 0 spiro atoms. The lowest BCUT2D eigenvalue weighted by Crippen LogP contribution is -2.37. The molecule has 0 amide bonds. The minimum absolute atomic E-state index is 0. The zero-order chi connectivity index (χ0) is 12.9. The molecule has 112 valence electrons. The van der Waals surface area contributed by atoms with Gasteiger partial charge >= 0.3 is 0 Å². The van der Waals surface area contributed by atoms with Crippen LogP contribution in [0.4, 0.5) is 0 Å². The zero-order valence-corrected chi connectivity index (χ0v) is 12.8. The minimum Gasteiger partial charge on any atom is -0.494 e. The molecule has 0 N–H and O–H groups in total. The van der Waals surface area contributed by atoms with E-state index >= 15 is 0 Å². The second-order valence-corrected chi connectivity index (χ2v) is 5.44. The summed E-state index contributed by atoms with van der Waals surface area (Å²) in [5.74, 6) is 1.04. The number of hydrogen-bond donors (Lipinski definition) is 0. The van der Waals surface area contributed by atoms with Crippen molar-refractivity contribution in [2.75, 3.05) is 39.5 Å². The van der Waals surface area contributed by atoms with Gasteiger partial charge < -0.3 is 9.47 Å². The Kier molecular flexibility index (Phi) is 6.14. The van der Waals surface area contributed by atoms with Gasteiger partial charge in [0.15, 0.2) is 0 Å². The lowest BCUT2D eigenvalue weighted by molar-refractivity contribution is 0.0358. The molecule has 4 heteroatoms. The highest BCUT2D eigenvalue weighted by atomic mass is 35.5. The van der Waals surface area contributed by atoms with Crippen LogP contribution in [-0.2, 0) is 17.6 Å². The van der Waals surface area contributed by atoms with Gasteiger partial charge in [0.05, 0.1) is 19.8 Å². The van der Waals surface area contributed by atoms with Crippen molar-refractivity contribution in [3.63, 3.8) is 0 Å². The highest BCUT2D eigenvalue weighted by molar-refractivity contribution is 5.85. The number of hydrogen-bond acceptors (Lipinski definition) is 3. The molecule has 0 atom stereocenters. The first-order valence-electron chi connectivity index (χ1n) is 7.46. The van der Waals surface area contributed by atoms with E-state index in [0.29, 0.717) is 0 Å². The Balaban J connectivity index is 0.00000147. The number of halogens is 1. The van der Waals surface area contributed by atoms with Crippen LogP contribution in [-0.4, -0.2) is 44.4 Å². The fourth-order valence-corrected chi connectivity index (χ4v) is 2.94. The van der Waals surface area contributed by atoms with E-state index in [1.54, 1.807) is 0 Å². The van der Waals surface area contributed by atoms with Crippen LogP contribution in [0.1, 0.15) is 24.0 Å². The summed E-state index contributed by atoms with van der Waals surface area (Å²) < 4.78 is 11.2. The molecule has 3 rings (SSSR count). The third-order valence-electron chi connectivity index (χ3n) is 4.06. The van der Waals surface area contributed by atoms with Crippen molar-refractivity contribution >= 4 is 12.4 Å². The van der Waals surface area contributed by atoms with Crippen molar-refractivity contribution in [1.29, 1.82) is 0 Å². The van der Waals surface area contributed by atoms with Gasteiger partial charge in [-0.25, -0.2) is 0 Å². The maximum absolute atomic E-state index is 5.86. The molecule has 3 nitrogen and oxygen atoms in total. The van der Waals surface area contributed by atoms with Crippen molar-refractivity contribution in [2.45, 2.75) is 25.7 Å². The summed E-state index contributed by atoms with van der Waals surface area (Å²) in [6, 6.07) is 6.59. The molecule has 20 heavy (non-hydrogen) atoms. The average molecular weight is 298 g/mol. The van der Waals surface area contributed by atoms with Gasteiger partial charge in [-0.2, -0.15) is 0 Å². The molecule has 1 heterocycles. The topological polar surface area (TPSA) is 21.7 Å². The summed E-state index contributed by atoms with van der Waals surface area (Å²) in [6.45, 7) is 5.83. The summed E-state index contributed by atoms with van der Waals surface area (Å²) >= 11 is 0. The van der Waals surface area contributed by atoms with E-state index < -0.39 is 0 Å². The van der Waals surface area contributed by atoms with Gasteiger partial charge in [0.1, 0.15) is 5.75 Å². The predicted octanol–water partition coefficient (Wildman–Crippen LogP) is 2.70. The first-order chi connectivity index (χ1) is 9.42. The zero-order valence-electron chi connectivity index (χ0n) is 12.0. The monoisotopic (exact) mass is 297 g/mol. The van der Waals surface area contributed by atoms with E-state index in [1.165, 1.54) is 30.4 Å². The number of ether oxygens (including phenoxy) is 2. The molecule has 1 aliphatic heterocycles. The maximum Gasteiger partial charge on any atom is 0.119 e. The van der Waals surface area contributed by atoms with Crippen LogP contribution in [0.5, 0.6) is 5.75 Å². The lowest BCUT2D eigenvalue weighted by atomic mass is 10.1. The Morgan fingerprint density at radius 3 is 2.75 bits per heavy atom. The molecular weight excluding hydrogens is 274 g/mol. The fourth-order valence-electron chi connectivity index (χ4n) is 2.94.